The first-order chi connectivity index (χ1) is 9.59. The number of thioether (sulfide) groups is 1. The van der Waals surface area contributed by atoms with Crippen LogP contribution >= 0.6 is 11.8 Å². The summed E-state index contributed by atoms with van der Waals surface area (Å²) < 4.78 is 23.8. The molecule has 2 amide bonds. The van der Waals surface area contributed by atoms with Crippen LogP contribution in [0.2, 0.25) is 0 Å². The van der Waals surface area contributed by atoms with E-state index < -0.39 is 33.0 Å². The molecule has 3 atom stereocenters. The molecule has 0 saturated carbocycles. The smallest absolute Gasteiger partial charge is 0.228 e. The molecule has 0 saturated heterocycles. The number of rotatable bonds is 6. The molecule has 6 nitrogen and oxygen atoms in total. The Morgan fingerprint density at radius 1 is 1.43 bits per heavy atom. The zero-order valence-electron chi connectivity index (χ0n) is 12.2. The van der Waals surface area contributed by atoms with Gasteiger partial charge in [0.2, 0.25) is 11.8 Å². The molecule has 1 rings (SSSR count). The number of hydrogen-bond acceptors (Lipinski definition) is 5. The minimum atomic E-state index is -3.68. The molecule has 21 heavy (non-hydrogen) atoms. The molecule has 118 valence electrons. The fourth-order valence-electron chi connectivity index (χ4n) is 2.75. The van der Waals surface area contributed by atoms with E-state index in [4.69, 9.17) is 11.5 Å². The van der Waals surface area contributed by atoms with E-state index in [2.05, 4.69) is 0 Å². The monoisotopic (exact) mass is 332 g/mol. The Balaban J connectivity index is 3.58. The van der Waals surface area contributed by atoms with Crippen molar-refractivity contribution in [2.75, 3.05) is 18.3 Å². The van der Waals surface area contributed by atoms with Crippen LogP contribution < -0.4 is 11.5 Å². The molecule has 0 radical (unpaired) electrons. The Bertz CT molecular complexity index is 610. The molecule has 3 unspecified atom stereocenters. The Labute approximate surface area is 128 Å². The van der Waals surface area contributed by atoms with E-state index in [0.29, 0.717) is 5.75 Å². The predicted octanol–water partition coefficient (Wildman–Crippen LogP) is 0.0570. The quantitative estimate of drug-likeness (QED) is 0.712. The van der Waals surface area contributed by atoms with Gasteiger partial charge in [-0.2, -0.15) is 11.8 Å². The summed E-state index contributed by atoms with van der Waals surface area (Å²) in [6.45, 7) is 1.76. The summed E-state index contributed by atoms with van der Waals surface area (Å²) in [6.07, 6.45) is 7.10. The number of primary amides is 2. The van der Waals surface area contributed by atoms with Crippen LogP contribution in [0, 0.1) is 17.3 Å². The van der Waals surface area contributed by atoms with Crippen molar-refractivity contribution in [3.63, 3.8) is 0 Å². The lowest BCUT2D eigenvalue weighted by Crippen LogP contribution is -2.53. The maximum atomic E-state index is 12.1. The normalized spacial score (nSPS) is 27.0. The van der Waals surface area contributed by atoms with Crippen LogP contribution in [0.3, 0.4) is 0 Å². The minimum absolute atomic E-state index is 0.163. The molecule has 0 bridgehead atoms. The number of sulfone groups is 1. The highest BCUT2D eigenvalue weighted by atomic mass is 32.2. The summed E-state index contributed by atoms with van der Waals surface area (Å²) in [6, 6.07) is 0. The third-order valence-corrected chi connectivity index (χ3v) is 5.83. The van der Waals surface area contributed by atoms with E-state index in [1.165, 1.54) is 30.0 Å². The van der Waals surface area contributed by atoms with Crippen LogP contribution in [0.4, 0.5) is 0 Å². The predicted molar refractivity (Wildman–Crippen MR) is 83.9 cm³/mol. The highest BCUT2D eigenvalue weighted by Crippen LogP contribution is 2.46. The molecular formula is C13H20N2O4S2. The largest absolute Gasteiger partial charge is 0.369 e. The van der Waals surface area contributed by atoms with Crippen LogP contribution in [0.5, 0.6) is 0 Å². The molecule has 0 fully saturated rings. The molecule has 1 aliphatic carbocycles. The summed E-state index contributed by atoms with van der Waals surface area (Å²) in [5.74, 6) is -2.71. The first kappa shape index (κ1) is 17.8. The topological polar surface area (TPSA) is 120 Å². The van der Waals surface area contributed by atoms with E-state index in [-0.39, 0.29) is 10.8 Å². The van der Waals surface area contributed by atoms with Crippen molar-refractivity contribution >= 4 is 33.4 Å². The number of carbonyl (C=O) groups excluding carboxylic acids is 2. The molecular weight excluding hydrogens is 312 g/mol. The lowest BCUT2D eigenvalue weighted by Gasteiger charge is -2.41. The number of allylic oxidation sites excluding steroid dienone is 2. The van der Waals surface area contributed by atoms with E-state index in [0.717, 1.165) is 6.26 Å². The minimum Gasteiger partial charge on any atom is -0.369 e. The fraction of sp³-hybridized carbons (Fsp3) is 0.538. The highest BCUT2D eigenvalue weighted by molar-refractivity contribution is 7.98. The van der Waals surface area contributed by atoms with E-state index in [1.54, 1.807) is 6.92 Å². The van der Waals surface area contributed by atoms with Crippen LogP contribution in [-0.2, 0) is 19.4 Å². The number of hydrogen-bond donors (Lipinski definition) is 2. The van der Waals surface area contributed by atoms with Crippen molar-refractivity contribution in [1.29, 1.82) is 0 Å². The molecule has 0 aliphatic heterocycles. The lowest BCUT2D eigenvalue weighted by molar-refractivity contribution is -0.136. The van der Waals surface area contributed by atoms with Gasteiger partial charge < -0.3 is 11.5 Å². The summed E-state index contributed by atoms with van der Waals surface area (Å²) in [7, 11) is -3.68. The molecule has 8 heteroatoms. The van der Waals surface area contributed by atoms with Crippen molar-refractivity contribution in [2.45, 2.75) is 6.92 Å². The summed E-state index contributed by atoms with van der Waals surface area (Å²) in [5.41, 5.74) is 9.52. The average Bonchev–Trinajstić information content (AvgIpc) is 2.36. The van der Waals surface area contributed by atoms with Gasteiger partial charge in [0.05, 0.1) is 16.2 Å². The first-order valence-electron chi connectivity index (χ1n) is 6.26. The van der Waals surface area contributed by atoms with Crippen LogP contribution in [0.25, 0.3) is 0 Å². The average molecular weight is 332 g/mol. The molecule has 0 heterocycles. The molecule has 0 aromatic heterocycles. The Kier molecular flexibility index (Phi) is 5.27. The van der Waals surface area contributed by atoms with Gasteiger partial charge in [-0.1, -0.05) is 19.1 Å². The van der Waals surface area contributed by atoms with Gasteiger partial charge in [-0.15, -0.1) is 0 Å². The van der Waals surface area contributed by atoms with Crippen molar-refractivity contribution in [3.05, 3.63) is 23.1 Å². The molecule has 4 N–H and O–H groups in total. The zero-order chi connectivity index (χ0) is 16.4. The van der Waals surface area contributed by atoms with Gasteiger partial charge in [0.15, 0.2) is 9.84 Å². The second kappa shape index (κ2) is 6.23. The Morgan fingerprint density at radius 2 is 2.00 bits per heavy atom. The van der Waals surface area contributed by atoms with E-state index in [1.807, 2.05) is 6.26 Å². The SMILES string of the molecule is CSCC(C)C1(C(N)=O)C=CC=C(S(C)(=O)=O)C1C(N)=O. The van der Waals surface area contributed by atoms with Crippen molar-refractivity contribution < 1.29 is 18.0 Å². The zero-order valence-corrected chi connectivity index (χ0v) is 13.8. The summed E-state index contributed by atoms with van der Waals surface area (Å²) in [5, 5.41) is 0. The summed E-state index contributed by atoms with van der Waals surface area (Å²) in [4.78, 5) is 23.9. The fourth-order valence-corrected chi connectivity index (χ4v) is 4.59. The van der Waals surface area contributed by atoms with Gasteiger partial charge in [-0.3, -0.25) is 9.59 Å². The third kappa shape index (κ3) is 3.16. The van der Waals surface area contributed by atoms with Gasteiger partial charge >= 0.3 is 0 Å². The standard InChI is InChI=1S/C13H20N2O4S2/c1-8(7-20-2)13(12(15)17)6-4-5-9(21(3,18)19)10(13)11(14)16/h4-6,8,10H,7H2,1-3H3,(H2,14,16)(H2,15,17). The van der Waals surface area contributed by atoms with E-state index >= 15 is 0 Å². The number of amides is 2. The Hall–Kier alpha value is -1.28. The maximum Gasteiger partial charge on any atom is 0.228 e. The number of carbonyl (C=O) groups is 2. The Morgan fingerprint density at radius 3 is 2.38 bits per heavy atom. The van der Waals surface area contributed by atoms with Crippen LogP contribution in [-0.4, -0.2) is 38.5 Å². The lowest BCUT2D eigenvalue weighted by atomic mass is 9.64. The van der Waals surface area contributed by atoms with Crippen molar-refractivity contribution in [2.24, 2.45) is 28.7 Å². The van der Waals surface area contributed by atoms with Crippen LogP contribution in [0.1, 0.15) is 6.92 Å². The maximum absolute atomic E-state index is 12.1. The highest BCUT2D eigenvalue weighted by Gasteiger charge is 2.53. The van der Waals surface area contributed by atoms with Crippen molar-refractivity contribution in [3.8, 4) is 0 Å². The molecule has 0 aromatic carbocycles. The van der Waals surface area contributed by atoms with Gasteiger partial charge in [0.25, 0.3) is 0 Å². The van der Waals surface area contributed by atoms with Gasteiger partial charge in [-0.25, -0.2) is 8.42 Å². The van der Waals surface area contributed by atoms with Gasteiger partial charge in [0.1, 0.15) is 0 Å². The molecule has 0 spiro atoms. The van der Waals surface area contributed by atoms with E-state index in [9.17, 15) is 18.0 Å². The van der Waals surface area contributed by atoms with Crippen LogP contribution in [0.15, 0.2) is 23.1 Å². The summed E-state index contributed by atoms with van der Waals surface area (Å²) >= 11 is 1.48. The number of nitrogens with two attached hydrogens (primary N) is 2. The second-order valence-electron chi connectivity index (χ2n) is 5.19. The third-order valence-electron chi connectivity index (χ3n) is 3.77. The van der Waals surface area contributed by atoms with Crippen molar-refractivity contribution in [1.82, 2.24) is 0 Å². The first-order valence-corrected chi connectivity index (χ1v) is 9.55. The van der Waals surface area contributed by atoms with Gasteiger partial charge in [0, 0.05) is 6.26 Å². The second-order valence-corrected chi connectivity index (χ2v) is 8.12. The van der Waals surface area contributed by atoms with Gasteiger partial charge in [-0.05, 0) is 24.0 Å². The molecule has 1 aliphatic rings. The molecule has 0 aromatic rings.